The number of fused-ring (bicyclic) bond motifs is 2. The normalized spacial score (nSPS) is 43.9. The van der Waals surface area contributed by atoms with Gasteiger partial charge in [-0.2, -0.15) is 0 Å². The van der Waals surface area contributed by atoms with E-state index in [4.69, 9.17) is 0 Å². The molecule has 2 fully saturated rings. The third-order valence-electron chi connectivity index (χ3n) is 2.85. The van der Waals surface area contributed by atoms with Crippen LogP contribution < -0.4 is 0 Å². The third-order valence-corrected chi connectivity index (χ3v) is 2.85. The van der Waals surface area contributed by atoms with Gasteiger partial charge >= 0.3 is 0 Å². The zero-order valence-electron chi connectivity index (χ0n) is 5.48. The summed E-state index contributed by atoms with van der Waals surface area (Å²) in [7, 11) is 0. The van der Waals surface area contributed by atoms with Crippen LogP contribution in [0.3, 0.4) is 0 Å². The molecule has 0 saturated heterocycles. The smallest absolute Gasteiger partial charge is 0.0419 e. The summed E-state index contributed by atoms with van der Waals surface area (Å²) in [5, 5.41) is 0. The van der Waals surface area contributed by atoms with Crippen molar-refractivity contribution < 1.29 is 0 Å². The number of hydrogen-bond donors (Lipinski definition) is 0. The Morgan fingerprint density at radius 1 is 1.38 bits per heavy atom. The van der Waals surface area contributed by atoms with Crippen LogP contribution in [-0.2, 0) is 0 Å². The summed E-state index contributed by atoms with van der Waals surface area (Å²) in [4.78, 5) is 0. The van der Waals surface area contributed by atoms with Crippen LogP contribution in [0.5, 0.6) is 0 Å². The van der Waals surface area contributed by atoms with E-state index in [1.165, 1.54) is 25.7 Å². The minimum Gasteiger partial charge on any atom is -0.0419 e. The number of rotatable bonds is 0. The van der Waals surface area contributed by atoms with Crippen LogP contribution in [0.15, 0.2) is 0 Å². The first-order valence-electron chi connectivity index (χ1n) is 3.68. The highest BCUT2D eigenvalue weighted by atomic mass is 14.4. The van der Waals surface area contributed by atoms with Crippen molar-refractivity contribution >= 4 is 0 Å². The fourth-order valence-electron chi connectivity index (χ4n) is 2.33. The van der Waals surface area contributed by atoms with Crippen LogP contribution in [-0.4, -0.2) is 0 Å². The second-order valence-corrected chi connectivity index (χ2v) is 3.43. The Kier molecular flexibility index (Phi) is 0.843. The molecule has 0 nitrogen and oxygen atoms in total. The van der Waals surface area contributed by atoms with E-state index >= 15 is 0 Å². The Bertz CT molecular complexity index is 94.2. The first kappa shape index (κ1) is 4.72. The fourth-order valence-corrected chi connectivity index (χ4v) is 2.33. The quantitative estimate of drug-likeness (QED) is 0.419. The average Bonchev–Trinajstić information content (AvgIpc) is 2.23. The van der Waals surface area contributed by atoms with E-state index in [2.05, 4.69) is 6.92 Å². The summed E-state index contributed by atoms with van der Waals surface area (Å²) in [6.07, 6.45) is 6.04. The van der Waals surface area contributed by atoms with Crippen molar-refractivity contribution in [2.24, 2.45) is 11.8 Å². The van der Waals surface area contributed by atoms with Gasteiger partial charge in [-0.05, 0) is 19.3 Å². The van der Waals surface area contributed by atoms with Gasteiger partial charge in [-0.25, -0.2) is 0 Å². The molecule has 0 unspecified atom stereocenters. The van der Waals surface area contributed by atoms with E-state index in [1.54, 1.807) is 5.92 Å². The standard InChI is InChI=1S/C8H13/c1-6-4-7-2-3-8(6)5-7/h7-8H,2-5H2,1H3/q+1/t7-,8-/m1/s1. The second kappa shape index (κ2) is 1.43. The molecule has 2 rings (SSSR count). The number of hydrogen-bond acceptors (Lipinski definition) is 0. The van der Waals surface area contributed by atoms with Gasteiger partial charge in [0.1, 0.15) is 5.92 Å². The van der Waals surface area contributed by atoms with Crippen LogP contribution in [0.2, 0.25) is 0 Å². The molecule has 0 aromatic heterocycles. The maximum absolute atomic E-state index is 2.34. The van der Waals surface area contributed by atoms with Crippen molar-refractivity contribution in [1.82, 2.24) is 0 Å². The monoisotopic (exact) mass is 109 g/mol. The molecule has 0 aromatic carbocycles. The van der Waals surface area contributed by atoms with Crippen LogP contribution in [0.1, 0.15) is 32.6 Å². The molecule has 0 spiro atoms. The van der Waals surface area contributed by atoms with Crippen LogP contribution in [0.25, 0.3) is 0 Å². The molecule has 2 bridgehead atoms. The Morgan fingerprint density at radius 2 is 2.25 bits per heavy atom. The minimum absolute atomic E-state index is 1.06. The second-order valence-electron chi connectivity index (χ2n) is 3.43. The highest BCUT2D eigenvalue weighted by Gasteiger charge is 2.45. The van der Waals surface area contributed by atoms with Gasteiger partial charge < -0.3 is 0 Å². The van der Waals surface area contributed by atoms with Crippen molar-refractivity contribution in [3.05, 3.63) is 5.92 Å². The van der Waals surface area contributed by atoms with Gasteiger partial charge in [0.15, 0.2) is 0 Å². The Morgan fingerprint density at radius 3 is 2.50 bits per heavy atom. The van der Waals surface area contributed by atoms with Gasteiger partial charge in [0, 0.05) is 5.92 Å². The van der Waals surface area contributed by atoms with E-state index < -0.39 is 0 Å². The van der Waals surface area contributed by atoms with E-state index in [0.29, 0.717) is 0 Å². The zero-order valence-corrected chi connectivity index (χ0v) is 5.48. The lowest BCUT2D eigenvalue weighted by molar-refractivity contribution is 0.514. The Hall–Kier alpha value is -0.130. The summed E-state index contributed by atoms with van der Waals surface area (Å²) < 4.78 is 0. The molecule has 2 aliphatic rings. The summed E-state index contributed by atoms with van der Waals surface area (Å²) >= 11 is 0. The van der Waals surface area contributed by atoms with Crippen molar-refractivity contribution in [3.63, 3.8) is 0 Å². The molecule has 2 saturated carbocycles. The highest BCUT2D eigenvalue weighted by Crippen LogP contribution is 2.48. The molecule has 0 radical (unpaired) electrons. The van der Waals surface area contributed by atoms with Crippen LogP contribution >= 0.6 is 0 Å². The van der Waals surface area contributed by atoms with Gasteiger partial charge in [-0.1, -0.05) is 0 Å². The Balaban J connectivity index is 2.11. The predicted molar refractivity (Wildman–Crippen MR) is 34.4 cm³/mol. The van der Waals surface area contributed by atoms with E-state index in [-0.39, 0.29) is 0 Å². The van der Waals surface area contributed by atoms with Gasteiger partial charge in [0.25, 0.3) is 0 Å². The molecule has 0 heterocycles. The topological polar surface area (TPSA) is 0 Å². The summed E-state index contributed by atoms with van der Waals surface area (Å²) in [5.74, 6) is 3.96. The van der Waals surface area contributed by atoms with Gasteiger partial charge in [0.05, 0.1) is 19.3 Å². The first-order chi connectivity index (χ1) is 3.86. The highest BCUT2D eigenvalue weighted by molar-refractivity contribution is 5.05. The fraction of sp³-hybridized carbons (Fsp3) is 0.875. The zero-order chi connectivity index (χ0) is 5.56. The molecule has 8 heavy (non-hydrogen) atoms. The van der Waals surface area contributed by atoms with Crippen LogP contribution in [0.4, 0.5) is 0 Å². The lowest BCUT2D eigenvalue weighted by Gasteiger charge is -2.05. The maximum atomic E-state index is 2.34. The molecule has 2 atom stereocenters. The lowest BCUT2D eigenvalue weighted by atomic mass is 9.91. The molecular weight excluding hydrogens is 96.1 g/mol. The molecular formula is C8H13+. The van der Waals surface area contributed by atoms with E-state index in [1.807, 2.05) is 0 Å². The van der Waals surface area contributed by atoms with Crippen molar-refractivity contribution in [3.8, 4) is 0 Å². The maximum Gasteiger partial charge on any atom is 0.100 e. The molecule has 0 N–H and O–H groups in total. The third kappa shape index (κ3) is 0.489. The molecule has 0 aromatic rings. The SMILES string of the molecule is C[C+]1C[C@H]2CC[C@@H]1C2. The van der Waals surface area contributed by atoms with Gasteiger partial charge in [0.2, 0.25) is 0 Å². The largest absolute Gasteiger partial charge is 0.100 e. The molecule has 44 valence electrons. The molecule has 0 aliphatic heterocycles. The molecule has 2 aliphatic carbocycles. The minimum atomic E-state index is 1.06. The van der Waals surface area contributed by atoms with Crippen LogP contribution in [0, 0.1) is 17.8 Å². The average molecular weight is 109 g/mol. The van der Waals surface area contributed by atoms with Gasteiger partial charge in [-0.15, -0.1) is 0 Å². The van der Waals surface area contributed by atoms with Crippen molar-refractivity contribution in [1.29, 1.82) is 0 Å². The van der Waals surface area contributed by atoms with E-state index in [0.717, 1.165) is 11.8 Å². The summed E-state index contributed by atoms with van der Waals surface area (Å²) in [6, 6.07) is 0. The summed E-state index contributed by atoms with van der Waals surface area (Å²) in [6.45, 7) is 2.34. The first-order valence-corrected chi connectivity index (χ1v) is 3.68. The molecule has 0 amide bonds. The lowest BCUT2D eigenvalue weighted by Crippen LogP contribution is -2.02. The van der Waals surface area contributed by atoms with E-state index in [9.17, 15) is 0 Å². The van der Waals surface area contributed by atoms with Crippen molar-refractivity contribution in [2.75, 3.05) is 0 Å². The molecule has 0 heteroatoms. The Labute approximate surface area is 51.3 Å². The van der Waals surface area contributed by atoms with Crippen molar-refractivity contribution in [2.45, 2.75) is 32.6 Å². The predicted octanol–water partition coefficient (Wildman–Crippen LogP) is 2.40. The summed E-state index contributed by atoms with van der Waals surface area (Å²) in [5.41, 5.74) is 0. The van der Waals surface area contributed by atoms with Gasteiger partial charge in [-0.3, -0.25) is 0 Å².